The largest absolute Gasteiger partial charge is 0.497 e. The van der Waals surface area contributed by atoms with Crippen molar-refractivity contribution in [3.8, 4) is 11.5 Å². The number of ether oxygens (including phenoxy) is 2. The van der Waals surface area contributed by atoms with Crippen LogP contribution in [0.1, 0.15) is 23.7 Å². The molecule has 0 fully saturated rings. The molecule has 5 N–H and O–H groups in total. The fourth-order valence-corrected chi connectivity index (χ4v) is 6.43. The minimum absolute atomic E-state index is 0.0337. The monoisotopic (exact) mass is 497 g/mol. The Kier molecular flexibility index (Phi) is 5.77. The van der Waals surface area contributed by atoms with Gasteiger partial charge in [0, 0.05) is 18.7 Å². The quantitative estimate of drug-likeness (QED) is 0.483. The van der Waals surface area contributed by atoms with E-state index in [9.17, 15) is 8.42 Å². The summed E-state index contributed by atoms with van der Waals surface area (Å²) in [6, 6.07) is 12.0. The van der Waals surface area contributed by atoms with Crippen molar-refractivity contribution in [2.45, 2.75) is 29.9 Å². The molecule has 184 valence electrons. The smallest absolute Gasteiger partial charge is 0.268 e. The predicted octanol–water partition coefficient (Wildman–Crippen LogP) is 1.86. The summed E-state index contributed by atoms with van der Waals surface area (Å²) < 4.78 is 40.1. The van der Waals surface area contributed by atoms with Gasteiger partial charge in [-0.15, -0.1) is 0 Å². The second-order valence-electron chi connectivity index (χ2n) is 8.37. The Morgan fingerprint density at radius 1 is 1.14 bits per heavy atom. The number of H-pyrrole nitrogens is 1. The highest BCUT2D eigenvalue weighted by Crippen LogP contribution is 2.38. The average Bonchev–Trinajstić information content (AvgIpc) is 3.24. The number of nitrogens with one attached hydrogen (secondary N) is 1. The van der Waals surface area contributed by atoms with Gasteiger partial charge in [0.15, 0.2) is 11.8 Å². The molecule has 35 heavy (non-hydrogen) atoms. The number of anilines is 1. The Morgan fingerprint density at radius 3 is 2.71 bits per heavy atom. The zero-order valence-corrected chi connectivity index (χ0v) is 20.2. The molecular weight excluding hydrogens is 470 g/mol. The second kappa shape index (κ2) is 8.78. The standard InChI is InChI=1S/C23H27N7O4S/c1-33-16-7-8-19(34-2)20(12-16)35(31,32)29-10-9-15(11-14-5-3-4-6-18(14)29)30-21(24)17-13-26-28-22(17)27-23(30)25/h3-8,12-13,15,21H,9-11,24H2,1-2H3,(H3,25,26,27,28). The molecule has 5 rings (SSSR count). The molecule has 2 atom stereocenters. The van der Waals surface area contributed by atoms with Crippen molar-refractivity contribution >= 4 is 27.5 Å². The molecule has 0 bridgehead atoms. The van der Waals surface area contributed by atoms with Gasteiger partial charge < -0.3 is 25.8 Å². The maximum absolute atomic E-state index is 14.0. The summed E-state index contributed by atoms with van der Waals surface area (Å²) in [4.78, 5) is 6.29. The fourth-order valence-electron chi connectivity index (χ4n) is 4.73. The number of hydrogen-bond donors (Lipinski definition) is 3. The molecular formula is C23H27N7O4S. The first-order valence-corrected chi connectivity index (χ1v) is 12.5. The summed E-state index contributed by atoms with van der Waals surface area (Å²) in [5, 5.41) is 6.83. The molecule has 0 radical (unpaired) electrons. The van der Waals surface area contributed by atoms with Gasteiger partial charge >= 0.3 is 0 Å². The Morgan fingerprint density at radius 2 is 1.94 bits per heavy atom. The number of aliphatic imine (C=N–C) groups is 1. The molecule has 2 aliphatic rings. The first-order chi connectivity index (χ1) is 16.8. The minimum atomic E-state index is -3.99. The Hall–Kier alpha value is -3.77. The van der Waals surface area contributed by atoms with Gasteiger partial charge in [0.1, 0.15) is 22.6 Å². The number of para-hydroxylation sites is 1. The molecule has 3 heterocycles. The van der Waals surface area contributed by atoms with Crippen LogP contribution in [0.5, 0.6) is 11.5 Å². The van der Waals surface area contributed by atoms with Crippen molar-refractivity contribution in [1.82, 2.24) is 15.1 Å². The highest BCUT2D eigenvalue weighted by Gasteiger charge is 2.38. The number of rotatable bonds is 5. The summed E-state index contributed by atoms with van der Waals surface area (Å²) >= 11 is 0. The van der Waals surface area contributed by atoms with E-state index in [1.54, 1.807) is 18.3 Å². The number of nitrogens with two attached hydrogens (primary N) is 2. The highest BCUT2D eigenvalue weighted by molar-refractivity contribution is 7.93. The van der Waals surface area contributed by atoms with Crippen molar-refractivity contribution < 1.29 is 17.9 Å². The van der Waals surface area contributed by atoms with Gasteiger partial charge in [0.05, 0.1) is 31.7 Å². The van der Waals surface area contributed by atoms with Crippen molar-refractivity contribution in [2.24, 2.45) is 16.5 Å². The lowest BCUT2D eigenvalue weighted by molar-refractivity contribution is 0.226. The molecule has 3 aromatic rings. The molecule has 2 unspecified atom stereocenters. The molecule has 0 saturated carbocycles. The number of guanidine groups is 1. The first-order valence-electron chi connectivity index (χ1n) is 11.1. The topological polar surface area (TPSA) is 152 Å². The van der Waals surface area contributed by atoms with Crippen LogP contribution in [0, 0.1) is 0 Å². The van der Waals surface area contributed by atoms with E-state index in [1.165, 1.54) is 24.6 Å². The van der Waals surface area contributed by atoms with Crippen molar-refractivity contribution in [2.75, 3.05) is 25.1 Å². The Labute approximate surface area is 203 Å². The molecule has 0 amide bonds. The van der Waals surface area contributed by atoms with Crippen molar-refractivity contribution in [1.29, 1.82) is 0 Å². The summed E-state index contributed by atoms with van der Waals surface area (Å²) in [6.45, 7) is 0.207. The van der Waals surface area contributed by atoms with E-state index in [1.807, 2.05) is 29.2 Å². The van der Waals surface area contributed by atoms with Gasteiger partial charge in [-0.1, -0.05) is 18.2 Å². The van der Waals surface area contributed by atoms with Crippen LogP contribution in [0.4, 0.5) is 11.5 Å². The van der Waals surface area contributed by atoms with Crippen molar-refractivity contribution in [3.05, 3.63) is 59.8 Å². The number of methoxy groups -OCH3 is 2. The van der Waals surface area contributed by atoms with E-state index in [-0.39, 0.29) is 29.2 Å². The van der Waals surface area contributed by atoms with Gasteiger partial charge in [-0.2, -0.15) is 10.1 Å². The van der Waals surface area contributed by atoms with E-state index < -0.39 is 16.2 Å². The van der Waals surface area contributed by atoms with Crippen LogP contribution in [0.2, 0.25) is 0 Å². The highest BCUT2D eigenvalue weighted by atomic mass is 32.2. The van der Waals surface area contributed by atoms with Crippen LogP contribution in [0.3, 0.4) is 0 Å². The van der Waals surface area contributed by atoms with Gasteiger partial charge in [0.2, 0.25) is 0 Å². The lowest BCUT2D eigenvalue weighted by atomic mass is 10.0. The van der Waals surface area contributed by atoms with Crippen LogP contribution < -0.4 is 25.2 Å². The first kappa shape index (κ1) is 23.0. The summed E-state index contributed by atoms with van der Waals surface area (Å²) in [6.07, 6.45) is 2.09. The van der Waals surface area contributed by atoms with E-state index in [4.69, 9.17) is 20.9 Å². The Bertz CT molecular complexity index is 1390. The molecule has 0 saturated heterocycles. The normalized spacial score (nSPS) is 19.9. The minimum Gasteiger partial charge on any atom is -0.497 e. The molecule has 12 heteroatoms. The molecule has 0 spiro atoms. The summed E-state index contributed by atoms with van der Waals surface area (Å²) in [5.74, 6) is 1.47. The van der Waals surface area contributed by atoms with E-state index in [0.717, 1.165) is 11.1 Å². The third-order valence-electron chi connectivity index (χ3n) is 6.47. The van der Waals surface area contributed by atoms with E-state index in [2.05, 4.69) is 15.2 Å². The number of sulfonamides is 1. The van der Waals surface area contributed by atoms with Crippen LogP contribution in [-0.2, 0) is 16.4 Å². The number of benzene rings is 2. The molecule has 0 aliphatic carbocycles. The van der Waals surface area contributed by atoms with Crippen LogP contribution >= 0.6 is 0 Å². The van der Waals surface area contributed by atoms with Gasteiger partial charge in [-0.3, -0.25) is 9.40 Å². The zero-order chi connectivity index (χ0) is 24.7. The molecule has 1 aromatic heterocycles. The average molecular weight is 498 g/mol. The third-order valence-corrected chi connectivity index (χ3v) is 8.30. The third kappa shape index (κ3) is 3.84. The number of aromatic amines is 1. The van der Waals surface area contributed by atoms with E-state index >= 15 is 0 Å². The summed E-state index contributed by atoms with van der Waals surface area (Å²) in [7, 11) is -1.06. The SMILES string of the molecule is COc1ccc(OC)c(S(=O)(=O)N2CCC(N3C(N)=Nc4[nH]ncc4C3N)Cc3ccccc32)c1. The van der Waals surface area contributed by atoms with Gasteiger partial charge in [0.25, 0.3) is 10.0 Å². The van der Waals surface area contributed by atoms with Crippen LogP contribution in [0.15, 0.2) is 58.5 Å². The second-order valence-corrected chi connectivity index (χ2v) is 10.2. The van der Waals surface area contributed by atoms with Crippen molar-refractivity contribution in [3.63, 3.8) is 0 Å². The maximum atomic E-state index is 14.0. The van der Waals surface area contributed by atoms with E-state index in [0.29, 0.717) is 30.1 Å². The van der Waals surface area contributed by atoms with Crippen LogP contribution in [-0.4, -0.2) is 56.3 Å². The Balaban J connectivity index is 1.55. The predicted molar refractivity (Wildman–Crippen MR) is 131 cm³/mol. The fraction of sp³-hybridized carbons (Fsp3) is 0.304. The van der Waals surface area contributed by atoms with Gasteiger partial charge in [-0.25, -0.2) is 8.42 Å². The van der Waals surface area contributed by atoms with Crippen LogP contribution in [0.25, 0.3) is 0 Å². The zero-order valence-electron chi connectivity index (χ0n) is 19.4. The lowest BCUT2D eigenvalue weighted by Gasteiger charge is -2.38. The number of nitrogens with zero attached hydrogens (tertiary/aromatic N) is 4. The summed E-state index contributed by atoms with van der Waals surface area (Å²) in [5.41, 5.74) is 15.1. The number of fused-ring (bicyclic) bond motifs is 2. The molecule has 2 aromatic carbocycles. The number of aromatic nitrogens is 2. The van der Waals surface area contributed by atoms with Gasteiger partial charge in [-0.05, 0) is 36.6 Å². The molecule has 2 aliphatic heterocycles. The number of hydrogen-bond acceptors (Lipinski definition) is 9. The maximum Gasteiger partial charge on any atom is 0.268 e. The lowest BCUT2D eigenvalue weighted by Crippen LogP contribution is -2.52. The molecule has 11 nitrogen and oxygen atoms in total.